The lowest BCUT2D eigenvalue weighted by Crippen LogP contribution is -1.91. The van der Waals surface area contributed by atoms with E-state index in [4.69, 9.17) is 4.74 Å². The zero-order valence-electron chi connectivity index (χ0n) is 9.00. The van der Waals surface area contributed by atoms with Crippen molar-refractivity contribution in [2.45, 2.75) is 18.9 Å². The number of hydrogen-bond donors (Lipinski definition) is 0. The van der Waals surface area contributed by atoms with Crippen LogP contribution in [0, 0.1) is 0 Å². The molecule has 0 aromatic carbocycles. The third kappa shape index (κ3) is 2.77. The van der Waals surface area contributed by atoms with Crippen molar-refractivity contribution in [1.29, 1.82) is 0 Å². The maximum absolute atomic E-state index is 5.07. The highest BCUT2D eigenvalue weighted by Crippen LogP contribution is 2.23. The summed E-state index contributed by atoms with van der Waals surface area (Å²) in [5, 5.41) is 1.01. The van der Waals surface area contributed by atoms with E-state index in [1.54, 1.807) is 18.9 Å². The van der Waals surface area contributed by atoms with E-state index in [0.717, 1.165) is 10.6 Å². The molecular weight excluding hydrogens is 194 g/mol. The van der Waals surface area contributed by atoms with Crippen LogP contribution in [0.25, 0.3) is 6.08 Å². The summed E-state index contributed by atoms with van der Waals surface area (Å²) in [6.45, 7) is 4.16. The van der Waals surface area contributed by atoms with Crippen LogP contribution in [0.3, 0.4) is 0 Å². The van der Waals surface area contributed by atoms with E-state index in [-0.39, 0.29) is 0 Å². The summed E-state index contributed by atoms with van der Waals surface area (Å²) in [6, 6.07) is 3.92. The Bertz CT molecular complexity index is 343. The summed E-state index contributed by atoms with van der Waals surface area (Å²) in [4.78, 5) is 4.36. The fourth-order valence-electron chi connectivity index (χ4n) is 1.13. The van der Waals surface area contributed by atoms with Gasteiger partial charge < -0.3 is 4.74 Å². The molecule has 0 spiro atoms. The standard InChI is InChI=1S/C11H15NOS/c1-8(2)7-9-5-6-10(13-3)12-11(9)14-4/h5-7H,1-4H3. The molecular formula is C11H15NOS. The van der Waals surface area contributed by atoms with Gasteiger partial charge in [-0.2, -0.15) is 0 Å². The fraction of sp³-hybridized carbons (Fsp3) is 0.364. The molecule has 14 heavy (non-hydrogen) atoms. The molecule has 0 aliphatic carbocycles. The first-order valence-electron chi connectivity index (χ1n) is 4.41. The molecule has 3 heteroatoms. The lowest BCUT2D eigenvalue weighted by atomic mass is 10.2. The summed E-state index contributed by atoms with van der Waals surface area (Å²) in [5.41, 5.74) is 2.42. The van der Waals surface area contributed by atoms with Crippen LogP contribution in [-0.4, -0.2) is 18.3 Å². The van der Waals surface area contributed by atoms with Gasteiger partial charge in [0.2, 0.25) is 5.88 Å². The van der Waals surface area contributed by atoms with Gasteiger partial charge in [-0.15, -0.1) is 11.8 Å². The van der Waals surface area contributed by atoms with Gasteiger partial charge >= 0.3 is 0 Å². The van der Waals surface area contributed by atoms with Gasteiger partial charge in [0.05, 0.1) is 7.11 Å². The van der Waals surface area contributed by atoms with E-state index in [2.05, 4.69) is 24.9 Å². The van der Waals surface area contributed by atoms with Gasteiger partial charge in [0.25, 0.3) is 0 Å². The predicted molar refractivity (Wildman–Crippen MR) is 61.9 cm³/mol. The lowest BCUT2D eigenvalue weighted by Gasteiger charge is -2.05. The van der Waals surface area contributed by atoms with Gasteiger partial charge in [0.1, 0.15) is 5.03 Å². The third-order valence-electron chi connectivity index (χ3n) is 1.71. The fourth-order valence-corrected chi connectivity index (χ4v) is 1.68. The molecule has 2 nitrogen and oxygen atoms in total. The van der Waals surface area contributed by atoms with Crippen molar-refractivity contribution in [2.75, 3.05) is 13.4 Å². The Morgan fingerprint density at radius 3 is 2.64 bits per heavy atom. The molecule has 0 saturated heterocycles. The summed E-state index contributed by atoms with van der Waals surface area (Å²) >= 11 is 1.63. The second-order valence-corrected chi connectivity index (χ2v) is 3.97. The smallest absolute Gasteiger partial charge is 0.214 e. The van der Waals surface area contributed by atoms with E-state index < -0.39 is 0 Å². The highest BCUT2D eigenvalue weighted by molar-refractivity contribution is 7.98. The largest absolute Gasteiger partial charge is 0.481 e. The maximum atomic E-state index is 5.07. The van der Waals surface area contributed by atoms with Crippen molar-refractivity contribution in [2.24, 2.45) is 0 Å². The van der Waals surface area contributed by atoms with E-state index in [1.807, 2.05) is 18.4 Å². The number of nitrogens with zero attached hydrogens (tertiary/aromatic N) is 1. The van der Waals surface area contributed by atoms with E-state index >= 15 is 0 Å². The van der Waals surface area contributed by atoms with Crippen molar-refractivity contribution in [1.82, 2.24) is 4.98 Å². The van der Waals surface area contributed by atoms with Crippen LogP contribution in [-0.2, 0) is 0 Å². The Hall–Kier alpha value is -0.960. The number of methoxy groups -OCH3 is 1. The highest BCUT2D eigenvalue weighted by Gasteiger charge is 2.02. The second kappa shape index (κ2) is 5.05. The van der Waals surface area contributed by atoms with Crippen molar-refractivity contribution in [3.8, 4) is 5.88 Å². The molecule has 0 fully saturated rings. The number of aromatic nitrogens is 1. The molecule has 0 atom stereocenters. The molecule has 1 aromatic rings. The third-order valence-corrected chi connectivity index (χ3v) is 2.42. The number of pyridine rings is 1. The molecule has 1 aromatic heterocycles. The molecule has 0 saturated carbocycles. The van der Waals surface area contributed by atoms with Crippen molar-refractivity contribution < 1.29 is 4.74 Å². The summed E-state index contributed by atoms with van der Waals surface area (Å²) in [6.07, 6.45) is 4.14. The minimum atomic E-state index is 0.667. The molecule has 0 bridgehead atoms. The number of thioether (sulfide) groups is 1. The normalized spacial score (nSPS) is 9.71. The van der Waals surface area contributed by atoms with Crippen LogP contribution < -0.4 is 4.74 Å². The van der Waals surface area contributed by atoms with Crippen molar-refractivity contribution in [3.05, 3.63) is 23.3 Å². The minimum Gasteiger partial charge on any atom is -0.481 e. The molecule has 0 amide bonds. The van der Waals surface area contributed by atoms with Crippen molar-refractivity contribution in [3.63, 3.8) is 0 Å². The van der Waals surface area contributed by atoms with Gasteiger partial charge in [0.15, 0.2) is 0 Å². The minimum absolute atomic E-state index is 0.667. The van der Waals surface area contributed by atoms with Crippen molar-refractivity contribution >= 4 is 17.8 Å². The first-order valence-corrected chi connectivity index (χ1v) is 5.63. The summed E-state index contributed by atoms with van der Waals surface area (Å²) in [5.74, 6) is 0.667. The molecule has 0 radical (unpaired) electrons. The van der Waals surface area contributed by atoms with Crippen LogP contribution in [0.4, 0.5) is 0 Å². The molecule has 1 heterocycles. The van der Waals surface area contributed by atoms with Crippen LogP contribution in [0.5, 0.6) is 5.88 Å². The molecule has 1 rings (SSSR count). The maximum Gasteiger partial charge on any atom is 0.214 e. The number of ether oxygens (including phenoxy) is 1. The SMILES string of the molecule is COc1ccc(C=C(C)C)c(SC)n1. The molecule has 0 N–H and O–H groups in total. The second-order valence-electron chi connectivity index (χ2n) is 3.17. The highest BCUT2D eigenvalue weighted by atomic mass is 32.2. The Balaban J connectivity index is 3.11. The molecule has 0 aliphatic heterocycles. The average Bonchev–Trinajstić information content (AvgIpc) is 2.17. The van der Waals surface area contributed by atoms with E-state index in [1.165, 1.54) is 5.57 Å². The molecule has 0 aliphatic rings. The Kier molecular flexibility index (Phi) is 4.01. The first-order chi connectivity index (χ1) is 6.67. The van der Waals surface area contributed by atoms with Gasteiger partial charge in [-0.25, -0.2) is 4.98 Å². The Morgan fingerprint density at radius 2 is 2.14 bits per heavy atom. The van der Waals surface area contributed by atoms with Crippen LogP contribution in [0.1, 0.15) is 19.4 Å². The topological polar surface area (TPSA) is 22.1 Å². The summed E-state index contributed by atoms with van der Waals surface area (Å²) < 4.78 is 5.07. The van der Waals surface area contributed by atoms with Gasteiger partial charge in [-0.3, -0.25) is 0 Å². The Morgan fingerprint density at radius 1 is 1.43 bits per heavy atom. The summed E-state index contributed by atoms with van der Waals surface area (Å²) in [7, 11) is 1.63. The molecule has 76 valence electrons. The van der Waals surface area contributed by atoms with E-state index in [9.17, 15) is 0 Å². The van der Waals surface area contributed by atoms with Crippen LogP contribution >= 0.6 is 11.8 Å². The zero-order chi connectivity index (χ0) is 10.6. The van der Waals surface area contributed by atoms with E-state index in [0.29, 0.717) is 5.88 Å². The van der Waals surface area contributed by atoms with Gasteiger partial charge in [0, 0.05) is 11.6 Å². The van der Waals surface area contributed by atoms with Gasteiger partial charge in [-0.05, 0) is 26.2 Å². The number of rotatable bonds is 3. The molecule has 0 unspecified atom stereocenters. The zero-order valence-corrected chi connectivity index (χ0v) is 9.81. The predicted octanol–water partition coefficient (Wildman–Crippen LogP) is 3.24. The number of allylic oxidation sites excluding steroid dienone is 1. The van der Waals surface area contributed by atoms with Gasteiger partial charge in [-0.1, -0.05) is 11.6 Å². The monoisotopic (exact) mass is 209 g/mol. The lowest BCUT2D eigenvalue weighted by molar-refractivity contribution is 0.394. The average molecular weight is 209 g/mol. The quantitative estimate of drug-likeness (QED) is 0.713. The van der Waals surface area contributed by atoms with Crippen LogP contribution in [0.15, 0.2) is 22.7 Å². The first kappa shape index (κ1) is 11.1. The Labute approximate surface area is 89.4 Å². The number of hydrogen-bond acceptors (Lipinski definition) is 3. The van der Waals surface area contributed by atoms with Crippen LogP contribution in [0.2, 0.25) is 0 Å².